The number of hydrogen-bond donors (Lipinski definition) is 2. The molecule has 0 saturated carbocycles. The van der Waals surface area contributed by atoms with Crippen molar-refractivity contribution in [3.63, 3.8) is 0 Å². The number of nitrogens with one attached hydrogen (secondary N) is 1. The van der Waals surface area contributed by atoms with E-state index >= 15 is 0 Å². The maximum atomic E-state index is 9.85. The highest BCUT2D eigenvalue weighted by Crippen LogP contribution is 2.38. The molecule has 0 aliphatic carbocycles. The number of anilines is 1. The molecule has 0 amide bonds. The van der Waals surface area contributed by atoms with Crippen molar-refractivity contribution in [2.24, 2.45) is 0 Å². The molecule has 0 saturated heterocycles. The minimum atomic E-state index is -0.143. The third kappa shape index (κ3) is 3.78. The quantitative estimate of drug-likeness (QED) is 0.364. The van der Waals surface area contributed by atoms with Gasteiger partial charge in [-0.3, -0.25) is 4.98 Å². The average molecular weight is 434 g/mol. The Morgan fingerprint density at radius 1 is 1.00 bits per heavy atom. The SMILES string of the molecule is CC(Nc1c(C#N)cnc2ccc(-c3cc(Cl)c(O)c(Cl)c3)cc12)c1ccccc1. The largest absolute Gasteiger partial charge is 0.505 e. The van der Waals surface area contributed by atoms with Crippen molar-refractivity contribution in [1.29, 1.82) is 5.26 Å². The maximum absolute atomic E-state index is 9.85. The van der Waals surface area contributed by atoms with E-state index in [1.54, 1.807) is 18.3 Å². The number of rotatable bonds is 4. The zero-order chi connectivity index (χ0) is 21.3. The van der Waals surface area contributed by atoms with Crippen LogP contribution in [0.1, 0.15) is 24.1 Å². The first kappa shape index (κ1) is 20.0. The summed E-state index contributed by atoms with van der Waals surface area (Å²) in [5.74, 6) is -0.143. The van der Waals surface area contributed by atoms with E-state index in [1.165, 1.54) is 0 Å². The molecule has 0 aliphatic rings. The number of hydrogen-bond acceptors (Lipinski definition) is 4. The lowest BCUT2D eigenvalue weighted by molar-refractivity contribution is 0.476. The first-order valence-corrected chi connectivity index (χ1v) is 10.1. The molecule has 0 radical (unpaired) electrons. The van der Waals surface area contributed by atoms with Crippen LogP contribution in [0.25, 0.3) is 22.0 Å². The number of aromatic hydroxyl groups is 1. The summed E-state index contributed by atoms with van der Waals surface area (Å²) in [6.07, 6.45) is 1.58. The summed E-state index contributed by atoms with van der Waals surface area (Å²) in [7, 11) is 0. The summed E-state index contributed by atoms with van der Waals surface area (Å²) in [6, 6.07) is 21.3. The molecule has 1 heterocycles. The summed E-state index contributed by atoms with van der Waals surface area (Å²) in [5, 5.41) is 24.2. The second-order valence-corrected chi connectivity index (χ2v) is 7.77. The fraction of sp³-hybridized carbons (Fsp3) is 0.0833. The van der Waals surface area contributed by atoms with Crippen LogP contribution in [0.4, 0.5) is 5.69 Å². The van der Waals surface area contributed by atoms with E-state index in [-0.39, 0.29) is 21.8 Å². The van der Waals surface area contributed by atoms with Crippen molar-refractivity contribution in [1.82, 2.24) is 4.98 Å². The predicted molar refractivity (Wildman–Crippen MR) is 122 cm³/mol. The topological polar surface area (TPSA) is 68.9 Å². The van der Waals surface area contributed by atoms with Crippen molar-refractivity contribution in [3.8, 4) is 22.9 Å². The predicted octanol–water partition coefficient (Wildman–Crippen LogP) is 6.96. The van der Waals surface area contributed by atoms with Crippen molar-refractivity contribution in [2.45, 2.75) is 13.0 Å². The van der Waals surface area contributed by atoms with Crippen LogP contribution in [0.5, 0.6) is 5.75 Å². The third-order valence-electron chi connectivity index (χ3n) is 5.00. The van der Waals surface area contributed by atoms with Crippen molar-refractivity contribution in [3.05, 3.63) is 88.0 Å². The number of aromatic nitrogens is 1. The Morgan fingerprint density at radius 3 is 2.37 bits per heavy atom. The smallest absolute Gasteiger partial charge is 0.152 e. The van der Waals surface area contributed by atoms with E-state index in [0.717, 1.165) is 33.3 Å². The van der Waals surface area contributed by atoms with Gasteiger partial charge in [0.05, 0.1) is 26.8 Å². The molecule has 3 aromatic carbocycles. The summed E-state index contributed by atoms with van der Waals surface area (Å²) in [5.41, 5.74) is 4.66. The van der Waals surface area contributed by atoms with Gasteiger partial charge in [0.15, 0.2) is 5.75 Å². The van der Waals surface area contributed by atoms with Crippen LogP contribution >= 0.6 is 23.2 Å². The molecule has 1 atom stereocenters. The van der Waals surface area contributed by atoms with Gasteiger partial charge in [-0.2, -0.15) is 5.26 Å². The Balaban J connectivity index is 1.85. The Hall–Kier alpha value is -3.26. The van der Waals surface area contributed by atoms with Crippen molar-refractivity contribution >= 4 is 39.8 Å². The van der Waals surface area contributed by atoms with Crippen LogP contribution in [0.2, 0.25) is 10.0 Å². The number of halogens is 2. The monoisotopic (exact) mass is 433 g/mol. The third-order valence-corrected chi connectivity index (χ3v) is 5.58. The molecular formula is C24H17Cl2N3O. The first-order chi connectivity index (χ1) is 14.5. The van der Waals surface area contributed by atoms with Gasteiger partial charge in [-0.25, -0.2) is 0 Å². The number of nitrogens with zero attached hydrogens (tertiary/aromatic N) is 2. The van der Waals surface area contributed by atoms with Crippen LogP contribution in [-0.4, -0.2) is 10.1 Å². The lowest BCUT2D eigenvalue weighted by Gasteiger charge is -2.19. The fourth-order valence-corrected chi connectivity index (χ4v) is 3.87. The van der Waals surface area contributed by atoms with E-state index in [0.29, 0.717) is 5.56 Å². The van der Waals surface area contributed by atoms with Crippen LogP contribution in [0, 0.1) is 11.3 Å². The molecule has 4 rings (SSSR count). The van der Waals surface area contributed by atoms with Gasteiger partial charge in [-0.05, 0) is 47.9 Å². The Kier molecular flexibility index (Phi) is 5.50. The molecule has 0 fully saturated rings. The zero-order valence-corrected chi connectivity index (χ0v) is 17.5. The second kappa shape index (κ2) is 8.23. The van der Waals surface area contributed by atoms with Gasteiger partial charge in [-0.1, -0.05) is 59.6 Å². The zero-order valence-electron chi connectivity index (χ0n) is 16.0. The lowest BCUT2D eigenvalue weighted by Crippen LogP contribution is -2.08. The highest BCUT2D eigenvalue weighted by molar-refractivity contribution is 6.37. The van der Waals surface area contributed by atoms with E-state index in [2.05, 4.69) is 16.4 Å². The highest BCUT2D eigenvalue weighted by atomic mass is 35.5. The number of fused-ring (bicyclic) bond motifs is 1. The van der Waals surface area contributed by atoms with Gasteiger partial charge in [0.2, 0.25) is 0 Å². The fourth-order valence-electron chi connectivity index (χ4n) is 3.39. The molecule has 4 aromatic rings. The minimum absolute atomic E-state index is 0.00915. The molecule has 6 heteroatoms. The molecule has 1 aromatic heterocycles. The number of benzene rings is 3. The van der Waals surface area contributed by atoms with Gasteiger partial charge in [-0.15, -0.1) is 0 Å². The van der Waals surface area contributed by atoms with E-state index in [4.69, 9.17) is 23.2 Å². The normalized spacial score (nSPS) is 11.8. The van der Waals surface area contributed by atoms with E-state index in [9.17, 15) is 10.4 Å². The van der Waals surface area contributed by atoms with Gasteiger partial charge < -0.3 is 10.4 Å². The molecule has 0 spiro atoms. The van der Waals surface area contributed by atoms with Crippen LogP contribution < -0.4 is 5.32 Å². The maximum Gasteiger partial charge on any atom is 0.152 e. The van der Waals surface area contributed by atoms with Crippen LogP contribution in [0.15, 0.2) is 66.9 Å². The van der Waals surface area contributed by atoms with Crippen molar-refractivity contribution in [2.75, 3.05) is 5.32 Å². The second-order valence-electron chi connectivity index (χ2n) is 6.96. The van der Waals surface area contributed by atoms with Gasteiger partial charge in [0, 0.05) is 17.6 Å². The summed E-state index contributed by atoms with van der Waals surface area (Å²) < 4.78 is 0. The molecule has 30 heavy (non-hydrogen) atoms. The van der Waals surface area contributed by atoms with Gasteiger partial charge in [0.25, 0.3) is 0 Å². The van der Waals surface area contributed by atoms with E-state index in [1.807, 2.05) is 55.5 Å². The number of pyridine rings is 1. The summed E-state index contributed by atoms with van der Waals surface area (Å²) in [6.45, 7) is 2.05. The number of phenolic OH excluding ortho intramolecular Hbond substituents is 1. The lowest BCUT2D eigenvalue weighted by atomic mass is 10.0. The van der Waals surface area contributed by atoms with Gasteiger partial charge in [0.1, 0.15) is 6.07 Å². The van der Waals surface area contributed by atoms with Crippen LogP contribution in [0.3, 0.4) is 0 Å². The summed E-state index contributed by atoms with van der Waals surface area (Å²) in [4.78, 5) is 4.42. The standard InChI is InChI=1S/C24H17Cl2N3O/c1-14(15-5-3-2-4-6-15)29-23-18(12-27)13-28-22-8-7-16(9-19(22)23)17-10-20(25)24(30)21(26)11-17/h2-11,13-14,30H,1H3,(H,28,29). The molecule has 1 unspecified atom stereocenters. The molecule has 2 N–H and O–H groups in total. The molecule has 0 bridgehead atoms. The molecule has 148 valence electrons. The Labute approximate surface area is 184 Å². The van der Waals surface area contributed by atoms with E-state index < -0.39 is 0 Å². The number of nitriles is 1. The van der Waals surface area contributed by atoms with Crippen LogP contribution in [-0.2, 0) is 0 Å². The minimum Gasteiger partial charge on any atom is -0.505 e. The number of phenols is 1. The Morgan fingerprint density at radius 2 is 1.70 bits per heavy atom. The molecule has 0 aliphatic heterocycles. The first-order valence-electron chi connectivity index (χ1n) is 9.30. The van der Waals surface area contributed by atoms with Crippen molar-refractivity contribution < 1.29 is 5.11 Å². The van der Waals surface area contributed by atoms with Gasteiger partial charge >= 0.3 is 0 Å². The highest BCUT2D eigenvalue weighted by Gasteiger charge is 2.15. The molecule has 4 nitrogen and oxygen atoms in total. The molecular weight excluding hydrogens is 417 g/mol. The Bertz CT molecular complexity index is 1260. The average Bonchev–Trinajstić information content (AvgIpc) is 2.77. The summed E-state index contributed by atoms with van der Waals surface area (Å²) >= 11 is 12.2.